The Labute approximate surface area is 189 Å². The van der Waals surface area contributed by atoms with E-state index in [-0.39, 0.29) is 24.2 Å². The maximum atomic E-state index is 13.0. The van der Waals surface area contributed by atoms with Crippen molar-refractivity contribution in [3.63, 3.8) is 0 Å². The summed E-state index contributed by atoms with van der Waals surface area (Å²) in [6, 6.07) is 8.72. The van der Waals surface area contributed by atoms with Gasteiger partial charge in [-0.1, -0.05) is 44.2 Å². The van der Waals surface area contributed by atoms with E-state index in [2.05, 4.69) is 15.5 Å². The van der Waals surface area contributed by atoms with Crippen molar-refractivity contribution in [2.75, 3.05) is 39.4 Å². The summed E-state index contributed by atoms with van der Waals surface area (Å²) in [6.45, 7) is 8.16. The molecule has 2 rings (SSSR count). The van der Waals surface area contributed by atoms with Crippen LogP contribution in [-0.4, -0.2) is 73.3 Å². The van der Waals surface area contributed by atoms with Gasteiger partial charge in [0.05, 0.1) is 13.2 Å². The van der Waals surface area contributed by atoms with Gasteiger partial charge in [0.1, 0.15) is 6.04 Å². The molecule has 32 heavy (non-hydrogen) atoms. The molecule has 1 aliphatic heterocycles. The monoisotopic (exact) mass is 448 g/mol. The van der Waals surface area contributed by atoms with Gasteiger partial charge in [0.15, 0.2) is 0 Å². The lowest BCUT2D eigenvalue weighted by molar-refractivity contribution is -0.136. The molecule has 0 aliphatic carbocycles. The van der Waals surface area contributed by atoms with E-state index >= 15 is 0 Å². The van der Waals surface area contributed by atoms with Gasteiger partial charge in [-0.05, 0) is 17.9 Å². The summed E-state index contributed by atoms with van der Waals surface area (Å²) in [6.07, 6.45) is 0.670. The molecule has 0 bridgehead atoms. The Morgan fingerprint density at radius 3 is 2.41 bits per heavy atom. The highest BCUT2D eigenvalue weighted by Gasteiger charge is 2.28. The highest BCUT2D eigenvalue weighted by Crippen LogP contribution is 2.16. The number of carbonyl (C=O) groups excluding carboxylic acids is 3. The van der Waals surface area contributed by atoms with Gasteiger partial charge in [-0.25, -0.2) is 5.48 Å². The van der Waals surface area contributed by atoms with E-state index in [1.807, 2.05) is 44.2 Å². The summed E-state index contributed by atoms with van der Waals surface area (Å²) in [7, 11) is 0. The molecule has 1 aromatic carbocycles. The second kappa shape index (κ2) is 13.8. The smallest absolute Gasteiger partial charge is 0.244 e. The molecule has 9 nitrogen and oxygen atoms in total. The zero-order chi connectivity index (χ0) is 23.3. The normalized spacial score (nSPS) is 16.2. The number of rotatable bonds is 12. The highest BCUT2D eigenvalue weighted by molar-refractivity contribution is 5.90. The van der Waals surface area contributed by atoms with Crippen LogP contribution in [0.15, 0.2) is 30.3 Å². The van der Waals surface area contributed by atoms with Crippen molar-refractivity contribution < 1.29 is 24.3 Å². The SMILES string of the molecule is CC(C)CC(CC(=O)NO)C(=O)NC(Cc1ccccc1)C(=O)NCCN1CCOCC1. The van der Waals surface area contributed by atoms with Gasteiger partial charge < -0.3 is 15.4 Å². The third-order valence-electron chi connectivity index (χ3n) is 5.43. The van der Waals surface area contributed by atoms with Crippen molar-refractivity contribution >= 4 is 17.7 Å². The van der Waals surface area contributed by atoms with Crippen LogP contribution in [0.4, 0.5) is 0 Å². The Bertz CT molecular complexity index is 722. The number of hydrogen-bond acceptors (Lipinski definition) is 6. The maximum absolute atomic E-state index is 13.0. The molecular weight excluding hydrogens is 412 g/mol. The van der Waals surface area contributed by atoms with Gasteiger partial charge in [0, 0.05) is 44.9 Å². The standard InChI is InChI=1S/C23H36N4O5/c1-17(2)14-19(16-21(28)26-31)22(29)25-20(15-18-6-4-3-5-7-18)23(30)24-8-9-27-10-12-32-13-11-27/h3-7,17,19-20,31H,8-16H2,1-2H3,(H,24,30)(H,25,29)(H,26,28). The second-order valence-corrected chi connectivity index (χ2v) is 8.56. The van der Waals surface area contributed by atoms with Crippen LogP contribution in [0.1, 0.15) is 32.3 Å². The Kier molecular flexibility index (Phi) is 11.1. The molecule has 0 spiro atoms. The summed E-state index contributed by atoms with van der Waals surface area (Å²) >= 11 is 0. The molecule has 1 heterocycles. The van der Waals surface area contributed by atoms with Crippen LogP contribution in [0, 0.1) is 11.8 Å². The first-order valence-corrected chi connectivity index (χ1v) is 11.2. The summed E-state index contributed by atoms with van der Waals surface area (Å²) < 4.78 is 5.34. The number of ether oxygens (including phenoxy) is 1. The van der Waals surface area contributed by atoms with Crippen molar-refractivity contribution in [2.24, 2.45) is 11.8 Å². The fourth-order valence-corrected chi connectivity index (χ4v) is 3.76. The van der Waals surface area contributed by atoms with Crippen molar-refractivity contribution in [1.82, 2.24) is 21.0 Å². The Morgan fingerprint density at radius 1 is 1.09 bits per heavy atom. The molecule has 4 N–H and O–H groups in total. The number of carbonyl (C=O) groups is 3. The molecule has 178 valence electrons. The average molecular weight is 449 g/mol. The van der Waals surface area contributed by atoms with E-state index in [0.717, 1.165) is 18.7 Å². The molecule has 1 aromatic rings. The van der Waals surface area contributed by atoms with E-state index in [1.165, 1.54) is 0 Å². The number of nitrogens with zero attached hydrogens (tertiary/aromatic N) is 1. The Morgan fingerprint density at radius 2 is 1.78 bits per heavy atom. The zero-order valence-corrected chi connectivity index (χ0v) is 19.0. The van der Waals surface area contributed by atoms with Crippen LogP contribution < -0.4 is 16.1 Å². The van der Waals surface area contributed by atoms with Crippen LogP contribution in [-0.2, 0) is 25.5 Å². The number of morpholine rings is 1. The lowest BCUT2D eigenvalue weighted by Crippen LogP contribution is -2.51. The van der Waals surface area contributed by atoms with Crippen LogP contribution in [0.3, 0.4) is 0 Å². The number of nitrogens with one attached hydrogen (secondary N) is 3. The largest absolute Gasteiger partial charge is 0.379 e. The summed E-state index contributed by atoms with van der Waals surface area (Å²) in [5.74, 6) is -1.72. The predicted octanol–water partition coefficient (Wildman–Crippen LogP) is 0.720. The number of hydrogen-bond donors (Lipinski definition) is 4. The summed E-state index contributed by atoms with van der Waals surface area (Å²) in [4.78, 5) is 39.8. The molecular formula is C23H36N4O5. The van der Waals surface area contributed by atoms with E-state index in [1.54, 1.807) is 5.48 Å². The first kappa shape index (κ1) is 25.8. The molecule has 1 fully saturated rings. The molecule has 1 aliphatic rings. The summed E-state index contributed by atoms with van der Waals surface area (Å²) in [5.41, 5.74) is 2.51. The molecule has 3 amide bonds. The minimum atomic E-state index is -0.763. The third-order valence-corrected chi connectivity index (χ3v) is 5.43. The number of amides is 3. The minimum Gasteiger partial charge on any atom is -0.379 e. The van der Waals surface area contributed by atoms with Gasteiger partial charge >= 0.3 is 0 Å². The van der Waals surface area contributed by atoms with Crippen molar-refractivity contribution in [1.29, 1.82) is 0 Å². The van der Waals surface area contributed by atoms with Crippen molar-refractivity contribution in [3.8, 4) is 0 Å². The van der Waals surface area contributed by atoms with E-state index in [0.29, 0.717) is 39.1 Å². The molecule has 0 aromatic heterocycles. The van der Waals surface area contributed by atoms with Gasteiger partial charge in [-0.15, -0.1) is 0 Å². The Hall–Kier alpha value is -2.49. The number of hydroxylamine groups is 1. The number of benzene rings is 1. The summed E-state index contributed by atoms with van der Waals surface area (Å²) in [5, 5.41) is 14.6. The van der Waals surface area contributed by atoms with Crippen LogP contribution in [0.2, 0.25) is 0 Å². The van der Waals surface area contributed by atoms with Gasteiger partial charge in [0.25, 0.3) is 0 Å². The Balaban J connectivity index is 2.02. The zero-order valence-electron chi connectivity index (χ0n) is 19.0. The van der Waals surface area contributed by atoms with Crippen LogP contribution >= 0.6 is 0 Å². The van der Waals surface area contributed by atoms with E-state index in [9.17, 15) is 14.4 Å². The highest BCUT2D eigenvalue weighted by atomic mass is 16.5. The second-order valence-electron chi connectivity index (χ2n) is 8.56. The van der Waals surface area contributed by atoms with Gasteiger partial charge in [-0.2, -0.15) is 0 Å². The topological polar surface area (TPSA) is 120 Å². The molecule has 2 atom stereocenters. The minimum absolute atomic E-state index is 0.142. The van der Waals surface area contributed by atoms with Crippen LogP contribution in [0.5, 0.6) is 0 Å². The molecule has 1 saturated heterocycles. The molecule has 0 radical (unpaired) electrons. The van der Waals surface area contributed by atoms with Gasteiger partial charge in [0.2, 0.25) is 17.7 Å². The first-order chi connectivity index (χ1) is 15.4. The lowest BCUT2D eigenvalue weighted by atomic mass is 9.92. The maximum Gasteiger partial charge on any atom is 0.244 e. The van der Waals surface area contributed by atoms with E-state index in [4.69, 9.17) is 9.94 Å². The fraction of sp³-hybridized carbons (Fsp3) is 0.609. The lowest BCUT2D eigenvalue weighted by Gasteiger charge is -2.27. The third kappa shape index (κ3) is 9.33. The quantitative estimate of drug-likeness (QED) is 0.276. The molecule has 9 heteroatoms. The van der Waals surface area contributed by atoms with Gasteiger partial charge in [-0.3, -0.25) is 24.5 Å². The molecule has 2 unspecified atom stereocenters. The molecule has 0 saturated carbocycles. The van der Waals surface area contributed by atoms with Crippen molar-refractivity contribution in [2.45, 2.75) is 39.2 Å². The average Bonchev–Trinajstić information content (AvgIpc) is 2.79. The van der Waals surface area contributed by atoms with Crippen LogP contribution in [0.25, 0.3) is 0 Å². The van der Waals surface area contributed by atoms with E-state index < -0.39 is 17.9 Å². The van der Waals surface area contributed by atoms with Crippen molar-refractivity contribution in [3.05, 3.63) is 35.9 Å². The predicted molar refractivity (Wildman–Crippen MR) is 120 cm³/mol. The fourth-order valence-electron chi connectivity index (χ4n) is 3.76. The first-order valence-electron chi connectivity index (χ1n) is 11.2.